The molecule has 1 aliphatic heterocycles. The van der Waals surface area contributed by atoms with Crippen LogP contribution in [0.25, 0.3) is 0 Å². The van der Waals surface area contributed by atoms with Gasteiger partial charge in [-0.15, -0.1) is 24.0 Å². The predicted molar refractivity (Wildman–Crippen MR) is 137 cm³/mol. The van der Waals surface area contributed by atoms with E-state index in [9.17, 15) is 0 Å². The lowest BCUT2D eigenvalue weighted by Crippen LogP contribution is -2.48. The van der Waals surface area contributed by atoms with Crippen molar-refractivity contribution in [2.45, 2.75) is 32.5 Å². The summed E-state index contributed by atoms with van der Waals surface area (Å²) in [6, 6.07) is 14.4. The first-order chi connectivity index (χ1) is 15.2. The van der Waals surface area contributed by atoms with Crippen molar-refractivity contribution in [3.8, 4) is 5.75 Å². The first kappa shape index (κ1) is 24.0. The lowest BCUT2D eigenvalue weighted by atomic mass is 9.93. The van der Waals surface area contributed by atoms with Gasteiger partial charge >= 0.3 is 0 Å². The Labute approximate surface area is 207 Å². The Morgan fingerprint density at radius 3 is 2.72 bits per heavy atom. The Bertz CT molecular complexity index is 962. The van der Waals surface area contributed by atoms with Gasteiger partial charge in [-0.3, -0.25) is 9.98 Å². The molecule has 0 radical (unpaired) electrons. The summed E-state index contributed by atoms with van der Waals surface area (Å²) in [6.07, 6.45) is 8.73. The van der Waals surface area contributed by atoms with Gasteiger partial charge in [-0.05, 0) is 42.2 Å². The van der Waals surface area contributed by atoms with Crippen LogP contribution in [0, 0.1) is 5.92 Å². The van der Waals surface area contributed by atoms with E-state index in [1.54, 1.807) is 6.20 Å². The Kier molecular flexibility index (Phi) is 8.90. The quantitative estimate of drug-likeness (QED) is 0.286. The molecule has 2 atom stereocenters. The molecule has 1 N–H and O–H groups in total. The fraction of sp³-hybridized carbons (Fsp3) is 0.375. The summed E-state index contributed by atoms with van der Waals surface area (Å²) in [5.41, 5.74) is 2.10. The van der Waals surface area contributed by atoms with Gasteiger partial charge in [0.05, 0.1) is 18.1 Å². The number of piperidine rings is 1. The van der Waals surface area contributed by atoms with E-state index in [0.29, 0.717) is 18.6 Å². The van der Waals surface area contributed by atoms with Gasteiger partial charge in [-0.25, -0.2) is 4.98 Å². The van der Waals surface area contributed by atoms with E-state index in [0.717, 1.165) is 43.5 Å². The van der Waals surface area contributed by atoms with Crippen LogP contribution < -0.4 is 10.1 Å². The maximum atomic E-state index is 5.82. The Morgan fingerprint density at radius 2 is 2.03 bits per heavy atom. The van der Waals surface area contributed by atoms with E-state index in [4.69, 9.17) is 4.74 Å². The maximum Gasteiger partial charge on any atom is 0.193 e. The van der Waals surface area contributed by atoms with E-state index in [2.05, 4.69) is 55.0 Å². The molecule has 2 aromatic heterocycles. The summed E-state index contributed by atoms with van der Waals surface area (Å²) in [6.45, 7) is 5.44. The second-order valence-electron chi connectivity index (χ2n) is 7.94. The van der Waals surface area contributed by atoms with Gasteiger partial charge in [0.25, 0.3) is 0 Å². The van der Waals surface area contributed by atoms with Crippen LogP contribution in [0.5, 0.6) is 5.75 Å². The highest BCUT2D eigenvalue weighted by atomic mass is 127. The van der Waals surface area contributed by atoms with Crippen molar-refractivity contribution in [1.29, 1.82) is 0 Å². The number of likely N-dealkylation sites (tertiary alicyclic amines) is 1. The summed E-state index contributed by atoms with van der Waals surface area (Å²) in [5.74, 6) is 2.39. The van der Waals surface area contributed by atoms with Crippen molar-refractivity contribution >= 4 is 29.9 Å². The number of nitrogens with one attached hydrogen (secondary N) is 1. The van der Waals surface area contributed by atoms with E-state index in [1.165, 1.54) is 5.56 Å². The summed E-state index contributed by atoms with van der Waals surface area (Å²) >= 11 is 0. The largest absolute Gasteiger partial charge is 0.487 e. The summed E-state index contributed by atoms with van der Waals surface area (Å²) in [4.78, 5) is 15.4. The Balaban J connectivity index is 0.00000289. The van der Waals surface area contributed by atoms with Crippen molar-refractivity contribution < 1.29 is 4.74 Å². The molecule has 8 heteroatoms. The van der Waals surface area contributed by atoms with Crippen LogP contribution in [0.1, 0.15) is 30.6 Å². The third kappa shape index (κ3) is 6.21. The van der Waals surface area contributed by atoms with E-state index in [-0.39, 0.29) is 24.0 Å². The van der Waals surface area contributed by atoms with E-state index in [1.807, 2.05) is 49.9 Å². The molecule has 1 saturated heterocycles. The van der Waals surface area contributed by atoms with E-state index < -0.39 is 0 Å². The smallest absolute Gasteiger partial charge is 0.193 e. The molecule has 0 spiro atoms. The minimum Gasteiger partial charge on any atom is -0.487 e. The van der Waals surface area contributed by atoms with Gasteiger partial charge in [-0.2, -0.15) is 0 Å². The molecule has 0 bridgehead atoms. The topological polar surface area (TPSA) is 67.6 Å². The fourth-order valence-electron chi connectivity index (χ4n) is 3.95. The van der Waals surface area contributed by atoms with Crippen molar-refractivity contribution in [2.75, 3.05) is 20.1 Å². The first-order valence-electron chi connectivity index (χ1n) is 10.8. The lowest BCUT2D eigenvalue weighted by molar-refractivity contribution is 0.189. The second kappa shape index (κ2) is 11.8. The van der Waals surface area contributed by atoms with Gasteiger partial charge in [0.2, 0.25) is 0 Å². The molecular formula is C24H31IN6O. The molecule has 0 aliphatic carbocycles. The van der Waals surface area contributed by atoms with Gasteiger partial charge < -0.3 is 19.5 Å². The van der Waals surface area contributed by atoms with Gasteiger partial charge in [-0.1, -0.05) is 25.1 Å². The highest BCUT2D eigenvalue weighted by Crippen LogP contribution is 2.27. The van der Waals surface area contributed by atoms with Gasteiger partial charge in [0, 0.05) is 45.3 Å². The molecule has 0 saturated carbocycles. The van der Waals surface area contributed by atoms with Gasteiger partial charge in [0.15, 0.2) is 5.96 Å². The third-order valence-electron chi connectivity index (χ3n) is 5.82. The minimum atomic E-state index is 0. The number of aromatic nitrogens is 3. The van der Waals surface area contributed by atoms with Crippen molar-refractivity contribution in [1.82, 2.24) is 24.8 Å². The predicted octanol–water partition coefficient (Wildman–Crippen LogP) is 4.13. The number of guanidine groups is 1. The van der Waals surface area contributed by atoms with E-state index >= 15 is 0 Å². The normalized spacial score (nSPS) is 18.7. The number of hydrogen-bond acceptors (Lipinski definition) is 4. The molecular weight excluding hydrogens is 515 g/mol. The SMILES string of the molecule is CN=C(NCc1ccc(OCc2ccccn2)cc1)N1CCC(C)C(n2ccnc2)C1.I. The van der Waals surface area contributed by atoms with Crippen molar-refractivity contribution in [3.63, 3.8) is 0 Å². The highest BCUT2D eigenvalue weighted by Gasteiger charge is 2.28. The number of pyridine rings is 1. The Morgan fingerprint density at radius 1 is 1.19 bits per heavy atom. The number of imidazole rings is 1. The van der Waals surface area contributed by atoms with Crippen LogP contribution in [0.3, 0.4) is 0 Å². The third-order valence-corrected chi connectivity index (χ3v) is 5.82. The standard InChI is InChI=1S/C24H30N6O.HI/c1-19-10-13-29(16-23(19)30-14-12-26-18-30)24(25-2)28-15-20-6-8-22(9-7-20)31-17-21-5-3-4-11-27-21;/h3-9,11-12,14,18-19,23H,10,13,15-17H2,1-2H3,(H,25,28);1H. The van der Waals surface area contributed by atoms with Crippen LogP contribution in [-0.4, -0.2) is 45.5 Å². The van der Waals surface area contributed by atoms with Crippen LogP contribution >= 0.6 is 24.0 Å². The zero-order valence-electron chi connectivity index (χ0n) is 18.6. The van der Waals surface area contributed by atoms with Crippen molar-refractivity contribution in [2.24, 2.45) is 10.9 Å². The molecule has 1 fully saturated rings. The average molecular weight is 546 g/mol. The zero-order chi connectivity index (χ0) is 21.5. The summed E-state index contributed by atoms with van der Waals surface area (Å²) in [7, 11) is 1.85. The van der Waals surface area contributed by atoms with Crippen LogP contribution in [0.2, 0.25) is 0 Å². The molecule has 2 unspecified atom stereocenters. The molecule has 7 nitrogen and oxygen atoms in total. The molecule has 1 aliphatic rings. The molecule has 3 heterocycles. The average Bonchev–Trinajstić information content (AvgIpc) is 3.35. The van der Waals surface area contributed by atoms with Crippen molar-refractivity contribution in [3.05, 3.63) is 78.6 Å². The molecule has 32 heavy (non-hydrogen) atoms. The lowest BCUT2D eigenvalue weighted by Gasteiger charge is -2.39. The number of rotatable bonds is 6. The molecule has 3 aromatic rings. The molecule has 170 valence electrons. The summed E-state index contributed by atoms with van der Waals surface area (Å²) < 4.78 is 8.04. The minimum absolute atomic E-state index is 0. The fourth-order valence-corrected chi connectivity index (χ4v) is 3.95. The Hall–Kier alpha value is -2.62. The number of nitrogens with zero attached hydrogens (tertiary/aromatic N) is 5. The second-order valence-corrected chi connectivity index (χ2v) is 7.94. The summed E-state index contributed by atoms with van der Waals surface area (Å²) in [5, 5.41) is 3.51. The number of benzene rings is 1. The zero-order valence-corrected chi connectivity index (χ0v) is 20.9. The van der Waals surface area contributed by atoms with Gasteiger partial charge in [0.1, 0.15) is 12.4 Å². The van der Waals surface area contributed by atoms with Crippen LogP contribution in [0.15, 0.2) is 72.4 Å². The number of halogens is 1. The number of ether oxygens (including phenoxy) is 1. The van der Waals surface area contributed by atoms with Crippen LogP contribution in [0.4, 0.5) is 0 Å². The molecule has 1 aromatic carbocycles. The number of aliphatic imine (C=N–C) groups is 1. The molecule has 4 rings (SSSR count). The number of hydrogen-bond donors (Lipinski definition) is 1. The molecule has 0 amide bonds. The first-order valence-corrected chi connectivity index (χ1v) is 10.8. The highest BCUT2D eigenvalue weighted by molar-refractivity contribution is 14.0. The van der Waals surface area contributed by atoms with Crippen LogP contribution in [-0.2, 0) is 13.2 Å². The monoisotopic (exact) mass is 546 g/mol. The maximum absolute atomic E-state index is 5.82.